The Hall–Kier alpha value is -0.393. The number of esters is 1. The summed E-state index contributed by atoms with van der Waals surface area (Å²) in [6, 6.07) is 0. The van der Waals surface area contributed by atoms with Gasteiger partial charge in [-0.3, -0.25) is 4.79 Å². The molecule has 1 aliphatic carbocycles. The Bertz CT molecular complexity index is 361. The molecule has 0 bridgehead atoms. The van der Waals surface area contributed by atoms with Gasteiger partial charge in [0.15, 0.2) is 8.32 Å². The molecular formula is C14H26O4Si. The van der Waals surface area contributed by atoms with Crippen molar-refractivity contribution in [2.45, 2.75) is 69.9 Å². The van der Waals surface area contributed by atoms with E-state index >= 15 is 0 Å². The quantitative estimate of drug-likeness (QED) is 0.613. The summed E-state index contributed by atoms with van der Waals surface area (Å²) in [4.78, 5) is 21.6. The van der Waals surface area contributed by atoms with Crippen LogP contribution in [0.15, 0.2) is 0 Å². The summed E-state index contributed by atoms with van der Waals surface area (Å²) in [5.41, 5.74) is 0. The minimum Gasteiger partial charge on any atom is -0.462 e. The second kappa shape index (κ2) is 4.86. The van der Waals surface area contributed by atoms with E-state index in [-0.39, 0.29) is 35.1 Å². The Kier molecular flexibility index (Phi) is 3.84. The van der Waals surface area contributed by atoms with Gasteiger partial charge >= 0.3 is 5.97 Å². The lowest BCUT2D eigenvalue weighted by Crippen LogP contribution is -2.39. The van der Waals surface area contributed by atoms with Gasteiger partial charge in [0.2, 0.25) is 0 Å². The van der Waals surface area contributed by atoms with E-state index in [9.17, 15) is 14.7 Å². The Morgan fingerprint density at radius 3 is 2.63 bits per heavy atom. The topological polar surface area (TPSA) is 66.8 Å². The average Bonchev–Trinajstić information content (AvgIpc) is 2.69. The standard InChI is InChI=1S/C14H26O4Si/c1-14(2,19(3,4)17)6-5-9-10-7-13(16)18-12(10)8-11(9)15/h9-12,15,17H,5-8H2,1-4H3/t9-,10-,11-,12+/m1/s1. The SMILES string of the molecule is CC(C)(CC[C@@H]1[C@H]2CC(=O)O[C@H]2C[C@H]1O)[Si](C)(C)O. The first-order chi connectivity index (χ1) is 8.62. The number of hydrogen-bond acceptors (Lipinski definition) is 4. The first-order valence-corrected chi connectivity index (χ1v) is 10.2. The maximum atomic E-state index is 11.3. The highest BCUT2D eigenvalue weighted by Gasteiger charge is 2.50. The number of rotatable bonds is 4. The molecule has 2 N–H and O–H groups in total. The molecule has 0 unspecified atom stereocenters. The van der Waals surface area contributed by atoms with Crippen molar-refractivity contribution in [3.8, 4) is 0 Å². The van der Waals surface area contributed by atoms with E-state index < -0.39 is 8.32 Å². The van der Waals surface area contributed by atoms with Crippen LogP contribution in [0, 0.1) is 11.8 Å². The lowest BCUT2D eigenvalue weighted by molar-refractivity contribution is -0.141. The van der Waals surface area contributed by atoms with E-state index in [0.29, 0.717) is 12.8 Å². The van der Waals surface area contributed by atoms with Crippen molar-refractivity contribution < 1.29 is 19.4 Å². The van der Waals surface area contributed by atoms with Gasteiger partial charge in [-0.15, -0.1) is 0 Å². The van der Waals surface area contributed by atoms with Crippen LogP contribution in [0.4, 0.5) is 0 Å². The summed E-state index contributed by atoms with van der Waals surface area (Å²) in [6.45, 7) is 8.13. The van der Waals surface area contributed by atoms with E-state index in [1.54, 1.807) is 0 Å². The Balaban J connectivity index is 1.97. The van der Waals surface area contributed by atoms with Crippen LogP contribution in [-0.2, 0) is 9.53 Å². The Morgan fingerprint density at radius 2 is 2.05 bits per heavy atom. The summed E-state index contributed by atoms with van der Waals surface area (Å²) in [7, 11) is -2.21. The van der Waals surface area contributed by atoms with Crippen LogP contribution in [0.25, 0.3) is 0 Å². The summed E-state index contributed by atoms with van der Waals surface area (Å²) >= 11 is 0. The highest BCUT2D eigenvalue weighted by Crippen LogP contribution is 2.47. The second-order valence-electron chi connectivity index (χ2n) is 7.34. The van der Waals surface area contributed by atoms with Crippen LogP contribution in [0.3, 0.4) is 0 Å². The Labute approximate surface area is 116 Å². The molecule has 1 heterocycles. The van der Waals surface area contributed by atoms with Gasteiger partial charge in [-0.05, 0) is 36.9 Å². The fourth-order valence-electron chi connectivity index (χ4n) is 3.22. The molecular weight excluding hydrogens is 260 g/mol. The molecule has 2 rings (SSSR count). The van der Waals surface area contributed by atoms with Gasteiger partial charge < -0.3 is 14.6 Å². The molecule has 110 valence electrons. The predicted molar refractivity (Wildman–Crippen MR) is 75.1 cm³/mol. The molecule has 1 saturated heterocycles. The van der Waals surface area contributed by atoms with E-state index in [2.05, 4.69) is 13.8 Å². The highest BCUT2D eigenvalue weighted by atomic mass is 28.4. The number of carbonyl (C=O) groups excluding carboxylic acids is 1. The van der Waals surface area contributed by atoms with Crippen molar-refractivity contribution in [1.82, 2.24) is 0 Å². The highest BCUT2D eigenvalue weighted by molar-refractivity contribution is 6.72. The third-order valence-electron chi connectivity index (χ3n) is 5.44. The van der Waals surface area contributed by atoms with Gasteiger partial charge in [0.25, 0.3) is 0 Å². The molecule has 4 atom stereocenters. The minimum atomic E-state index is -2.21. The monoisotopic (exact) mass is 286 g/mol. The summed E-state index contributed by atoms with van der Waals surface area (Å²) in [5.74, 6) is 0.205. The molecule has 19 heavy (non-hydrogen) atoms. The van der Waals surface area contributed by atoms with Crippen LogP contribution in [-0.4, -0.2) is 36.4 Å². The molecule has 4 nitrogen and oxygen atoms in total. The van der Waals surface area contributed by atoms with Crippen LogP contribution in [0.5, 0.6) is 0 Å². The molecule has 1 aliphatic heterocycles. The van der Waals surface area contributed by atoms with Gasteiger partial charge in [-0.2, -0.15) is 0 Å². The lowest BCUT2D eigenvalue weighted by atomic mass is 9.86. The van der Waals surface area contributed by atoms with E-state index in [1.807, 2.05) is 13.1 Å². The van der Waals surface area contributed by atoms with Crippen molar-refractivity contribution in [2.75, 3.05) is 0 Å². The maximum absolute atomic E-state index is 11.3. The smallest absolute Gasteiger partial charge is 0.306 e. The van der Waals surface area contributed by atoms with Crippen LogP contribution >= 0.6 is 0 Å². The number of carbonyl (C=O) groups is 1. The molecule has 0 spiro atoms. The average molecular weight is 286 g/mol. The van der Waals surface area contributed by atoms with Crippen molar-refractivity contribution >= 4 is 14.3 Å². The zero-order chi connectivity index (χ0) is 14.4. The molecule has 1 saturated carbocycles. The van der Waals surface area contributed by atoms with Gasteiger partial charge in [-0.1, -0.05) is 13.8 Å². The summed E-state index contributed by atoms with van der Waals surface area (Å²) < 4.78 is 5.25. The Morgan fingerprint density at radius 1 is 1.42 bits per heavy atom. The zero-order valence-electron chi connectivity index (χ0n) is 12.3. The molecule has 0 aromatic heterocycles. The number of hydrogen-bond donors (Lipinski definition) is 2. The molecule has 5 heteroatoms. The molecule has 0 aromatic carbocycles. The largest absolute Gasteiger partial charge is 0.462 e. The van der Waals surface area contributed by atoms with Crippen molar-refractivity contribution in [3.05, 3.63) is 0 Å². The number of aliphatic hydroxyl groups is 1. The van der Waals surface area contributed by atoms with Crippen molar-refractivity contribution in [1.29, 1.82) is 0 Å². The molecule has 0 amide bonds. The van der Waals surface area contributed by atoms with Crippen molar-refractivity contribution in [3.63, 3.8) is 0 Å². The maximum Gasteiger partial charge on any atom is 0.306 e. The van der Waals surface area contributed by atoms with E-state index in [1.165, 1.54) is 0 Å². The first kappa shape index (κ1) is 15.0. The van der Waals surface area contributed by atoms with Crippen LogP contribution in [0.1, 0.15) is 39.5 Å². The number of aliphatic hydroxyl groups excluding tert-OH is 1. The molecule has 2 aliphatic rings. The normalized spacial score (nSPS) is 35.4. The third-order valence-corrected chi connectivity index (χ3v) is 9.00. The second-order valence-corrected chi connectivity index (χ2v) is 11.8. The first-order valence-electron chi connectivity index (χ1n) is 7.22. The lowest BCUT2D eigenvalue weighted by Gasteiger charge is -2.36. The van der Waals surface area contributed by atoms with Crippen molar-refractivity contribution in [2.24, 2.45) is 11.8 Å². The third kappa shape index (κ3) is 2.88. The summed E-state index contributed by atoms with van der Waals surface area (Å²) in [6.07, 6.45) is 2.36. The fraction of sp³-hybridized carbons (Fsp3) is 0.929. The van der Waals surface area contributed by atoms with Gasteiger partial charge in [0.05, 0.1) is 12.5 Å². The van der Waals surface area contributed by atoms with Gasteiger partial charge in [0, 0.05) is 12.3 Å². The fourth-order valence-corrected chi connectivity index (χ4v) is 3.97. The number of fused-ring (bicyclic) bond motifs is 1. The number of ether oxygens (including phenoxy) is 1. The minimum absolute atomic E-state index is 0.0741. The molecule has 0 aromatic rings. The summed E-state index contributed by atoms with van der Waals surface area (Å²) in [5, 5.41) is 10.1. The van der Waals surface area contributed by atoms with Crippen LogP contribution < -0.4 is 0 Å². The van der Waals surface area contributed by atoms with E-state index in [0.717, 1.165) is 12.8 Å². The van der Waals surface area contributed by atoms with E-state index in [4.69, 9.17) is 4.74 Å². The van der Waals surface area contributed by atoms with Gasteiger partial charge in [-0.25, -0.2) is 0 Å². The van der Waals surface area contributed by atoms with Gasteiger partial charge in [0.1, 0.15) is 6.10 Å². The molecule has 2 fully saturated rings. The zero-order valence-corrected chi connectivity index (χ0v) is 13.3. The van der Waals surface area contributed by atoms with Crippen LogP contribution in [0.2, 0.25) is 18.1 Å². The predicted octanol–water partition coefficient (Wildman–Crippen LogP) is 2.06. The molecule has 0 radical (unpaired) electrons.